The predicted molar refractivity (Wildman–Crippen MR) is 102 cm³/mol. The second-order valence-electron chi connectivity index (χ2n) is 4.79. The SMILES string of the molecule is CN/C(C)=C(\SCN)c1csc(Nc2ccc(NC(C)=O)nc2)n1. The average Bonchev–Trinajstić information content (AvgIpc) is 3.01. The molecule has 2 rings (SSSR count). The van der Waals surface area contributed by atoms with E-state index >= 15 is 0 Å². The summed E-state index contributed by atoms with van der Waals surface area (Å²) in [5, 5.41) is 11.7. The van der Waals surface area contributed by atoms with Gasteiger partial charge in [-0.05, 0) is 19.1 Å². The molecule has 0 spiro atoms. The molecule has 24 heavy (non-hydrogen) atoms. The highest BCUT2D eigenvalue weighted by Crippen LogP contribution is 2.32. The normalized spacial score (nSPS) is 11.7. The number of aromatic nitrogens is 2. The third-order valence-electron chi connectivity index (χ3n) is 3.00. The lowest BCUT2D eigenvalue weighted by molar-refractivity contribution is -0.114. The molecule has 0 fully saturated rings. The van der Waals surface area contributed by atoms with Gasteiger partial charge >= 0.3 is 0 Å². The lowest BCUT2D eigenvalue weighted by Crippen LogP contribution is -2.07. The zero-order chi connectivity index (χ0) is 17.5. The smallest absolute Gasteiger partial charge is 0.222 e. The molecule has 0 aromatic carbocycles. The molecule has 1 amide bonds. The fourth-order valence-corrected chi connectivity index (χ4v) is 3.39. The van der Waals surface area contributed by atoms with E-state index in [2.05, 4.69) is 25.9 Å². The minimum absolute atomic E-state index is 0.149. The molecular weight excluding hydrogens is 344 g/mol. The number of nitrogens with one attached hydrogen (secondary N) is 3. The zero-order valence-corrected chi connectivity index (χ0v) is 15.3. The van der Waals surface area contributed by atoms with Crippen molar-refractivity contribution in [3.8, 4) is 0 Å². The third kappa shape index (κ3) is 4.95. The largest absolute Gasteiger partial charge is 0.391 e. The molecule has 7 nitrogen and oxygen atoms in total. The first-order chi connectivity index (χ1) is 11.5. The number of nitrogens with two attached hydrogens (primary N) is 1. The van der Waals surface area contributed by atoms with Gasteiger partial charge in [-0.15, -0.1) is 23.1 Å². The van der Waals surface area contributed by atoms with Gasteiger partial charge in [-0.2, -0.15) is 0 Å². The van der Waals surface area contributed by atoms with Crippen LogP contribution in [0, 0.1) is 0 Å². The van der Waals surface area contributed by atoms with Gasteiger partial charge in [0.05, 0.1) is 22.5 Å². The number of hydrogen-bond acceptors (Lipinski definition) is 8. The maximum absolute atomic E-state index is 11.0. The number of anilines is 3. The van der Waals surface area contributed by atoms with Gasteiger partial charge in [-0.25, -0.2) is 9.97 Å². The number of nitrogens with zero attached hydrogens (tertiary/aromatic N) is 2. The molecule has 128 valence electrons. The van der Waals surface area contributed by atoms with Crippen LogP contribution in [0.15, 0.2) is 29.4 Å². The maximum atomic E-state index is 11.0. The van der Waals surface area contributed by atoms with Crippen LogP contribution in [0.1, 0.15) is 19.5 Å². The predicted octanol–water partition coefficient (Wildman–Crippen LogP) is 2.80. The van der Waals surface area contributed by atoms with Crippen molar-refractivity contribution in [3.63, 3.8) is 0 Å². The lowest BCUT2D eigenvalue weighted by atomic mass is 10.3. The number of hydrogen-bond donors (Lipinski definition) is 4. The molecule has 0 unspecified atom stereocenters. The van der Waals surface area contributed by atoms with E-state index in [1.165, 1.54) is 18.3 Å². The van der Waals surface area contributed by atoms with E-state index in [1.54, 1.807) is 24.0 Å². The summed E-state index contributed by atoms with van der Waals surface area (Å²) in [7, 11) is 1.88. The molecule has 2 heterocycles. The molecule has 5 N–H and O–H groups in total. The Labute approximate surface area is 149 Å². The first kappa shape index (κ1) is 18.2. The van der Waals surface area contributed by atoms with E-state index in [1.807, 2.05) is 25.4 Å². The van der Waals surface area contributed by atoms with Crippen LogP contribution < -0.4 is 21.7 Å². The van der Waals surface area contributed by atoms with Crippen molar-refractivity contribution in [1.82, 2.24) is 15.3 Å². The van der Waals surface area contributed by atoms with Crippen LogP contribution in [0.2, 0.25) is 0 Å². The van der Waals surface area contributed by atoms with Crippen molar-refractivity contribution in [3.05, 3.63) is 35.1 Å². The molecular formula is C15H20N6OS2. The summed E-state index contributed by atoms with van der Waals surface area (Å²) in [6.45, 7) is 3.44. The van der Waals surface area contributed by atoms with Gasteiger partial charge in [0.25, 0.3) is 0 Å². The van der Waals surface area contributed by atoms with Gasteiger partial charge in [-0.1, -0.05) is 0 Å². The Morgan fingerprint density at radius 2 is 2.17 bits per heavy atom. The number of pyridine rings is 1. The Balaban J connectivity index is 2.12. The summed E-state index contributed by atoms with van der Waals surface area (Å²) in [6, 6.07) is 3.57. The van der Waals surface area contributed by atoms with E-state index in [0.717, 1.165) is 27.1 Å². The standard InChI is InChI=1S/C15H20N6OS2/c1-9(17-3)14(24-8-16)12-7-23-15(21-12)20-11-4-5-13(18-6-11)19-10(2)22/h4-7,17H,8,16H2,1-3H3,(H,20,21)(H,18,19,22)/b14-9-. The Morgan fingerprint density at radius 3 is 2.75 bits per heavy atom. The number of allylic oxidation sites excluding steroid dienone is 1. The summed E-state index contributed by atoms with van der Waals surface area (Å²) in [4.78, 5) is 20.8. The monoisotopic (exact) mass is 364 g/mol. The van der Waals surface area contributed by atoms with Crippen molar-refractivity contribution >= 4 is 50.5 Å². The molecule has 0 aliphatic rings. The fourth-order valence-electron chi connectivity index (χ4n) is 1.85. The maximum Gasteiger partial charge on any atom is 0.222 e. The fraction of sp³-hybridized carbons (Fsp3) is 0.267. The number of thioether (sulfide) groups is 1. The number of carbonyl (C=O) groups excluding carboxylic acids is 1. The molecule has 0 saturated heterocycles. The molecule has 0 aliphatic heterocycles. The van der Waals surface area contributed by atoms with Crippen molar-refractivity contribution in [2.24, 2.45) is 5.73 Å². The first-order valence-electron chi connectivity index (χ1n) is 7.21. The Bertz CT molecular complexity index is 726. The summed E-state index contributed by atoms with van der Waals surface area (Å²) in [5.41, 5.74) is 8.37. The van der Waals surface area contributed by atoms with Gasteiger partial charge in [0, 0.05) is 30.9 Å². The number of thiazole rings is 1. The second kappa shape index (κ2) is 8.67. The topological polar surface area (TPSA) is 105 Å². The van der Waals surface area contributed by atoms with Crippen LogP contribution in [0.3, 0.4) is 0 Å². The number of carbonyl (C=O) groups is 1. The summed E-state index contributed by atoms with van der Waals surface area (Å²) < 4.78 is 0. The van der Waals surface area contributed by atoms with Gasteiger partial charge < -0.3 is 21.7 Å². The zero-order valence-electron chi connectivity index (χ0n) is 13.7. The lowest BCUT2D eigenvalue weighted by Gasteiger charge is -2.08. The van der Waals surface area contributed by atoms with Crippen LogP contribution >= 0.6 is 23.1 Å². The number of amides is 1. The van der Waals surface area contributed by atoms with E-state index < -0.39 is 0 Å². The van der Waals surface area contributed by atoms with Gasteiger partial charge in [-0.3, -0.25) is 4.79 Å². The van der Waals surface area contributed by atoms with Crippen molar-refractivity contribution in [1.29, 1.82) is 0 Å². The van der Waals surface area contributed by atoms with Crippen LogP contribution in [0.25, 0.3) is 4.91 Å². The van der Waals surface area contributed by atoms with Gasteiger partial charge in [0.2, 0.25) is 5.91 Å². The third-order valence-corrected chi connectivity index (χ3v) is 4.73. The second-order valence-corrected chi connectivity index (χ2v) is 6.68. The summed E-state index contributed by atoms with van der Waals surface area (Å²) >= 11 is 3.05. The van der Waals surface area contributed by atoms with E-state index in [4.69, 9.17) is 5.73 Å². The molecule has 0 saturated carbocycles. The quantitative estimate of drug-likeness (QED) is 0.560. The van der Waals surface area contributed by atoms with Crippen LogP contribution in [0.4, 0.5) is 16.6 Å². The molecule has 0 bridgehead atoms. The van der Waals surface area contributed by atoms with E-state index in [0.29, 0.717) is 11.7 Å². The van der Waals surface area contributed by atoms with Crippen LogP contribution in [0.5, 0.6) is 0 Å². The molecule has 9 heteroatoms. The van der Waals surface area contributed by atoms with Crippen molar-refractivity contribution in [2.75, 3.05) is 23.6 Å². The molecule has 0 aliphatic carbocycles. The molecule has 0 atom stereocenters. The highest BCUT2D eigenvalue weighted by atomic mass is 32.2. The molecule has 2 aromatic heterocycles. The van der Waals surface area contributed by atoms with E-state index in [9.17, 15) is 4.79 Å². The minimum atomic E-state index is -0.149. The first-order valence-corrected chi connectivity index (χ1v) is 9.08. The Kier molecular flexibility index (Phi) is 6.59. The highest BCUT2D eigenvalue weighted by Gasteiger charge is 2.11. The Morgan fingerprint density at radius 1 is 1.38 bits per heavy atom. The molecule has 0 radical (unpaired) electrons. The highest BCUT2D eigenvalue weighted by molar-refractivity contribution is 8.08. The van der Waals surface area contributed by atoms with Gasteiger partial charge in [0.15, 0.2) is 5.13 Å². The van der Waals surface area contributed by atoms with Crippen molar-refractivity contribution in [2.45, 2.75) is 13.8 Å². The Hall–Kier alpha value is -2.10. The van der Waals surface area contributed by atoms with Crippen LogP contribution in [-0.4, -0.2) is 28.8 Å². The number of rotatable bonds is 7. The molecule has 2 aromatic rings. The van der Waals surface area contributed by atoms with Crippen molar-refractivity contribution < 1.29 is 4.79 Å². The summed E-state index contributed by atoms with van der Waals surface area (Å²) in [5.74, 6) is 0.856. The average molecular weight is 365 g/mol. The summed E-state index contributed by atoms with van der Waals surface area (Å²) in [6.07, 6.45) is 1.65. The minimum Gasteiger partial charge on any atom is -0.391 e. The van der Waals surface area contributed by atoms with Crippen LogP contribution in [-0.2, 0) is 4.79 Å². The van der Waals surface area contributed by atoms with Gasteiger partial charge in [0.1, 0.15) is 5.82 Å². The van der Waals surface area contributed by atoms with E-state index in [-0.39, 0.29) is 5.91 Å².